The van der Waals surface area contributed by atoms with Gasteiger partial charge in [-0.05, 0) is 12.1 Å². The zero-order chi connectivity index (χ0) is 17.9. The number of para-hydroxylation sites is 1. The Bertz CT molecular complexity index is 967. The van der Waals surface area contributed by atoms with Gasteiger partial charge in [0, 0.05) is 17.3 Å². The van der Waals surface area contributed by atoms with Crippen molar-refractivity contribution in [1.29, 1.82) is 0 Å². The maximum Gasteiger partial charge on any atom is 0.259 e. The fourth-order valence-electron chi connectivity index (χ4n) is 2.59. The normalized spacial score (nSPS) is 14.5. The van der Waals surface area contributed by atoms with E-state index in [1.165, 1.54) is 16.8 Å². The van der Waals surface area contributed by atoms with Gasteiger partial charge in [0.2, 0.25) is 0 Å². The molecule has 0 N–H and O–H groups in total. The lowest BCUT2D eigenvalue weighted by atomic mass is 10.1. The third kappa shape index (κ3) is 3.31. The van der Waals surface area contributed by atoms with Crippen LogP contribution < -0.4 is 0 Å². The number of hydrogen-bond acceptors (Lipinski definition) is 5. The maximum absolute atomic E-state index is 11.9. The molecule has 1 aliphatic rings. The molecule has 26 heavy (non-hydrogen) atoms. The molecular formula is C19H14N4OS2. The van der Waals surface area contributed by atoms with Crippen molar-refractivity contribution in [2.45, 2.75) is 0 Å². The Hall–Kier alpha value is -2.77. The van der Waals surface area contributed by atoms with E-state index in [1.807, 2.05) is 71.5 Å². The first-order valence-electron chi connectivity index (χ1n) is 7.96. The van der Waals surface area contributed by atoms with Crippen LogP contribution in [0.3, 0.4) is 0 Å². The third-order valence-corrected chi connectivity index (χ3v) is 5.19. The maximum atomic E-state index is 11.9. The summed E-state index contributed by atoms with van der Waals surface area (Å²) in [5, 5.41) is 10.3. The van der Waals surface area contributed by atoms with Crippen LogP contribution >= 0.6 is 24.0 Å². The SMILES string of the molecule is O=C1CSC(=S)N1/N=C\c1cn(-c2ccccc2)nc1-c1ccccc1. The van der Waals surface area contributed by atoms with Crippen molar-refractivity contribution in [3.8, 4) is 16.9 Å². The van der Waals surface area contributed by atoms with Crippen molar-refractivity contribution in [1.82, 2.24) is 14.8 Å². The molecule has 0 unspecified atom stereocenters. The van der Waals surface area contributed by atoms with Crippen LogP contribution in [0.1, 0.15) is 5.56 Å². The molecule has 0 radical (unpaired) electrons. The summed E-state index contributed by atoms with van der Waals surface area (Å²) in [6.07, 6.45) is 3.54. The number of aromatic nitrogens is 2. The fraction of sp³-hybridized carbons (Fsp3) is 0.0526. The number of carbonyl (C=O) groups excluding carboxylic acids is 1. The first kappa shape index (κ1) is 16.7. The van der Waals surface area contributed by atoms with Crippen molar-refractivity contribution >= 4 is 40.4 Å². The van der Waals surface area contributed by atoms with Crippen LogP contribution in [0.15, 0.2) is 72.0 Å². The molecule has 5 nitrogen and oxygen atoms in total. The van der Waals surface area contributed by atoms with Gasteiger partial charge in [0.05, 0.1) is 17.7 Å². The molecule has 7 heteroatoms. The topological polar surface area (TPSA) is 50.5 Å². The highest BCUT2D eigenvalue weighted by Crippen LogP contribution is 2.24. The number of carbonyl (C=O) groups is 1. The van der Waals surface area contributed by atoms with Gasteiger partial charge < -0.3 is 0 Å². The zero-order valence-electron chi connectivity index (χ0n) is 13.6. The number of thiocarbonyl (C=S) groups is 1. The predicted octanol–water partition coefficient (Wildman–Crippen LogP) is 3.73. The van der Waals surface area contributed by atoms with Crippen molar-refractivity contribution in [3.63, 3.8) is 0 Å². The molecule has 0 bridgehead atoms. The van der Waals surface area contributed by atoms with Crippen molar-refractivity contribution < 1.29 is 4.79 Å². The monoisotopic (exact) mass is 378 g/mol. The molecule has 2 aromatic carbocycles. The summed E-state index contributed by atoms with van der Waals surface area (Å²) >= 11 is 6.50. The predicted molar refractivity (Wildman–Crippen MR) is 108 cm³/mol. The summed E-state index contributed by atoms with van der Waals surface area (Å²) in [5.74, 6) is 0.235. The molecule has 1 aromatic heterocycles. The lowest BCUT2D eigenvalue weighted by molar-refractivity contribution is -0.123. The molecule has 0 atom stereocenters. The van der Waals surface area contributed by atoms with Crippen LogP contribution in [0.25, 0.3) is 16.9 Å². The average Bonchev–Trinajstić information content (AvgIpc) is 3.25. The number of thioether (sulfide) groups is 1. The third-order valence-electron chi connectivity index (χ3n) is 3.85. The van der Waals surface area contributed by atoms with Gasteiger partial charge in [-0.25, -0.2) is 4.68 Å². The number of hydrazone groups is 1. The van der Waals surface area contributed by atoms with Crippen LogP contribution in [-0.4, -0.2) is 37.0 Å². The Morgan fingerprint density at radius 2 is 1.77 bits per heavy atom. The Kier molecular flexibility index (Phi) is 4.64. The fourth-order valence-corrected chi connectivity index (χ4v) is 3.56. The number of hydrogen-bond donors (Lipinski definition) is 0. The number of nitrogens with zero attached hydrogens (tertiary/aromatic N) is 4. The Balaban J connectivity index is 1.76. The molecule has 3 aromatic rings. The average molecular weight is 378 g/mol. The van der Waals surface area contributed by atoms with E-state index in [2.05, 4.69) is 5.10 Å². The zero-order valence-corrected chi connectivity index (χ0v) is 15.3. The second-order valence-electron chi connectivity index (χ2n) is 5.58. The first-order valence-corrected chi connectivity index (χ1v) is 9.36. The van der Waals surface area contributed by atoms with E-state index in [0.29, 0.717) is 10.1 Å². The Labute approximate surface area is 160 Å². The van der Waals surface area contributed by atoms with Gasteiger partial charge in [-0.3, -0.25) is 4.79 Å². The van der Waals surface area contributed by atoms with Gasteiger partial charge in [-0.2, -0.15) is 15.2 Å². The molecule has 0 spiro atoms. The minimum absolute atomic E-state index is 0.104. The van der Waals surface area contributed by atoms with Crippen molar-refractivity contribution in [2.24, 2.45) is 5.10 Å². The lowest BCUT2D eigenvalue weighted by Gasteiger charge is -2.06. The summed E-state index contributed by atoms with van der Waals surface area (Å²) in [6.45, 7) is 0. The minimum atomic E-state index is -0.104. The Morgan fingerprint density at radius 1 is 1.08 bits per heavy atom. The highest BCUT2D eigenvalue weighted by molar-refractivity contribution is 8.23. The van der Waals surface area contributed by atoms with Crippen LogP contribution in [0.2, 0.25) is 0 Å². The van der Waals surface area contributed by atoms with Gasteiger partial charge in [0.25, 0.3) is 5.91 Å². The van der Waals surface area contributed by atoms with Crippen LogP contribution in [0, 0.1) is 0 Å². The van der Waals surface area contributed by atoms with Gasteiger partial charge >= 0.3 is 0 Å². The Morgan fingerprint density at radius 3 is 2.42 bits per heavy atom. The summed E-state index contributed by atoms with van der Waals surface area (Å²) in [4.78, 5) is 11.9. The van der Waals surface area contributed by atoms with E-state index in [1.54, 1.807) is 6.21 Å². The summed E-state index contributed by atoms with van der Waals surface area (Å²) < 4.78 is 2.28. The van der Waals surface area contributed by atoms with E-state index < -0.39 is 0 Å². The highest BCUT2D eigenvalue weighted by Gasteiger charge is 2.26. The lowest BCUT2D eigenvalue weighted by Crippen LogP contribution is -2.22. The summed E-state index contributed by atoms with van der Waals surface area (Å²) in [7, 11) is 0. The van der Waals surface area contributed by atoms with Crippen LogP contribution in [-0.2, 0) is 4.79 Å². The summed E-state index contributed by atoms with van der Waals surface area (Å²) in [5.41, 5.74) is 3.54. The smallest absolute Gasteiger partial charge is 0.259 e. The molecule has 1 amide bonds. The van der Waals surface area contributed by atoms with Gasteiger partial charge in [0.1, 0.15) is 5.69 Å². The van der Waals surface area contributed by atoms with Crippen molar-refractivity contribution in [2.75, 3.05) is 5.75 Å². The second kappa shape index (κ2) is 7.23. The number of amides is 1. The molecule has 4 rings (SSSR count). The quantitative estimate of drug-likeness (QED) is 0.513. The first-order chi connectivity index (χ1) is 12.7. The number of rotatable bonds is 4. The summed E-state index contributed by atoms with van der Waals surface area (Å²) in [6, 6.07) is 19.7. The van der Waals surface area contributed by atoms with E-state index >= 15 is 0 Å². The van der Waals surface area contributed by atoms with E-state index in [-0.39, 0.29) is 5.91 Å². The standard InChI is InChI=1S/C19H14N4OS2/c24-17-13-26-19(25)23(17)20-11-15-12-22(16-9-5-2-6-10-16)21-18(15)14-7-3-1-4-8-14/h1-12H,13H2/b20-11-. The largest absolute Gasteiger partial charge is 0.272 e. The molecule has 1 aliphatic heterocycles. The number of benzene rings is 2. The van der Waals surface area contributed by atoms with E-state index in [4.69, 9.17) is 17.3 Å². The van der Waals surface area contributed by atoms with Gasteiger partial charge in [-0.15, -0.1) is 0 Å². The van der Waals surface area contributed by atoms with Gasteiger partial charge in [0.15, 0.2) is 4.32 Å². The van der Waals surface area contributed by atoms with Gasteiger partial charge in [-0.1, -0.05) is 72.5 Å². The molecule has 0 saturated carbocycles. The molecular weight excluding hydrogens is 364 g/mol. The molecule has 128 valence electrons. The minimum Gasteiger partial charge on any atom is -0.272 e. The molecule has 1 saturated heterocycles. The second-order valence-corrected chi connectivity index (χ2v) is 7.19. The molecule has 1 fully saturated rings. The van der Waals surface area contributed by atoms with Crippen LogP contribution in [0.4, 0.5) is 0 Å². The van der Waals surface area contributed by atoms with E-state index in [9.17, 15) is 4.79 Å². The molecule has 2 heterocycles. The van der Waals surface area contributed by atoms with Crippen LogP contribution in [0.5, 0.6) is 0 Å². The van der Waals surface area contributed by atoms with Crippen molar-refractivity contribution in [3.05, 3.63) is 72.4 Å². The molecule has 0 aliphatic carbocycles. The highest BCUT2D eigenvalue weighted by atomic mass is 32.2. The van der Waals surface area contributed by atoms with E-state index in [0.717, 1.165) is 22.5 Å².